The van der Waals surface area contributed by atoms with Gasteiger partial charge in [-0.1, -0.05) is 32.0 Å². The molecule has 1 heterocycles. The lowest BCUT2D eigenvalue weighted by molar-refractivity contribution is 0.274. The summed E-state index contributed by atoms with van der Waals surface area (Å²) in [6, 6.07) is 8.63. The van der Waals surface area contributed by atoms with Gasteiger partial charge in [0.05, 0.1) is 6.61 Å². The highest BCUT2D eigenvalue weighted by molar-refractivity contribution is 5.86. The van der Waals surface area contributed by atoms with Gasteiger partial charge in [-0.15, -0.1) is 0 Å². The van der Waals surface area contributed by atoms with Gasteiger partial charge < -0.3 is 9.67 Å². The van der Waals surface area contributed by atoms with Crippen LogP contribution in [0.1, 0.15) is 37.4 Å². The molecule has 0 aliphatic heterocycles. The van der Waals surface area contributed by atoms with Crippen molar-refractivity contribution in [2.45, 2.75) is 39.2 Å². The zero-order valence-corrected chi connectivity index (χ0v) is 11.2. The van der Waals surface area contributed by atoms with Crippen molar-refractivity contribution in [2.24, 2.45) is 5.92 Å². The lowest BCUT2D eigenvalue weighted by Crippen LogP contribution is -2.18. The molecular formula is C16H21NO. The van der Waals surface area contributed by atoms with Gasteiger partial charge >= 0.3 is 0 Å². The molecule has 1 aromatic heterocycles. The summed E-state index contributed by atoms with van der Waals surface area (Å²) >= 11 is 0. The molecule has 1 aliphatic rings. The number of fused-ring (bicyclic) bond motifs is 3. The van der Waals surface area contributed by atoms with E-state index in [2.05, 4.69) is 42.7 Å². The summed E-state index contributed by atoms with van der Waals surface area (Å²) < 4.78 is 2.33. The van der Waals surface area contributed by atoms with Crippen molar-refractivity contribution in [2.75, 3.05) is 6.61 Å². The quantitative estimate of drug-likeness (QED) is 0.860. The van der Waals surface area contributed by atoms with Crippen molar-refractivity contribution in [3.63, 3.8) is 0 Å². The van der Waals surface area contributed by atoms with Crippen molar-refractivity contribution in [1.29, 1.82) is 0 Å². The molecule has 2 aromatic rings. The van der Waals surface area contributed by atoms with E-state index in [1.807, 2.05) is 0 Å². The minimum absolute atomic E-state index is 0.216. The molecule has 2 atom stereocenters. The number of aromatic nitrogens is 1. The van der Waals surface area contributed by atoms with E-state index in [4.69, 9.17) is 0 Å². The average molecular weight is 243 g/mol. The molecule has 0 radical (unpaired) electrons. The van der Waals surface area contributed by atoms with E-state index in [1.165, 1.54) is 28.6 Å². The van der Waals surface area contributed by atoms with Crippen molar-refractivity contribution in [3.8, 4) is 0 Å². The van der Waals surface area contributed by atoms with Gasteiger partial charge in [0.1, 0.15) is 0 Å². The van der Waals surface area contributed by atoms with Crippen LogP contribution in [0.15, 0.2) is 24.3 Å². The maximum absolute atomic E-state index is 9.31. The highest BCUT2D eigenvalue weighted by atomic mass is 16.3. The first-order chi connectivity index (χ1) is 8.72. The maximum Gasteiger partial charge on any atom is 0.0610 e. The number of hydrogen-bond acceptors (Lipinski definition) is 1. The molecule has 0 saturated heterocycles. The lowest BCUT2D eigenvalue weighted by atomic mass is 9.81. The van der Waals surface area contributed by atoms with Crippen LogP contribution in [-0.4, -0.2) is 16.3 Å². The molecule has 1 aromatic carbocycles. The number of para-hydroxylation sites is 1. The number of rotatable bonds is 2. The maximum atomic E-state index is 9.31. The Labute approximate surface area is 108 Å². The van der Waals surface area contributed by atoms with Crippen LogP contribution in [0.4, 0.5) is 0 Å². The largest absolute Gasteiger partial charge is 0.395 e. The summed E-state index contributed by atoms with van der Waals surface area (Å²) in [5.41, 5.74) is 4.27. The standard InChI is InChI=1S/C16H21NO/c1-11-9-12(2)16-13-5-3-4-6-14(13)17(7-8-18)15(16)10-11/h3-6,11-12,18H,7-10H2,1-2H3. The number of aliphatic hydroxyl groups excluding tert-OH is 1. The van der Waals surface area contributed by atoms with Crippen LogP contribution in [0, 0.1) is 5.92 Å². The highest BCUT2D eigenvalue weighted by Crippen LogP contribution is 2.40. The minimum atomic E-state index is 0.216. The average Bonchev–Trinajstić information content (AvgIpc) is 2.65. The minimum Gasteiger partial charge on any atom is -0.395 e. The molecular weight excluding hydrogens is 222 g/mol. The summed E-state index contributed by atoms with van der Waals surface area (Å²) in [4.78, 5) is 0. The number of nitrogens with zero attached hydrogens (tertiary/aromatic N) is 1. The van der Waals surface area contributed by atoms with Crippen LogP contribution in [0.5, 0.6) is 0 Å². The van der Waals surface area contributed by atoms with E-state index in [-0.39, 0.29) is 6.61 Å². The summed E-state index contributed by atoms with van der Waals surface area (Å²) in [7, 11) is 0. The van der Waals surface area contributed by atoms with E-state index >= 15 is 0 Å². The second-order valence-electron chi connectivity index (χ2n) is 5.70. The smallest absolute Gasteiger partial charge is 0.0610 e. The first-order valence-corrected chi connectivity index (χ1v) is 6.93. The molecule has 0 bridgehead atoms. The number of hydrogen-bond donors (Lipinski definition) is 1. The zero-order chi connectivity index (χ0) is 12.7. The Balaban J connectivity index is 2.28. The Bertz CT molecular complexity index is 570. The van der Waals surface area contributed by atoms with Gasteiger partial charge in [-0.2, -0.15) is 0 Å². The lowest BCUT2D eigenvalue weighted by Gasteiger charge is -2.26. The van der Waals surface area contributed by atoms with Crippen LogP contribution >= 0.6 is 0 Å². The molecule has 0 amide bonds. The fourth-order valence-electron chi connectivity index (χ4n) is 3.64. The van der Waals surface area contributed by atoms with Crippen LogP contribution in [-0.2, 0) is 13.0 Å². The normalized spacial score (nSPS) is 23.3. The monoisotopic (exact) mass is 243 g/mol. The molecule has 0 spiro atoms. The van der Waals surface area contributed by atoms with Crippen LogP contribution < -0.4 is 0 Å². The topological polar surface area (TPSA) is 25.2 Å². The van der Waals surface area contributed by atoms with E-state index in [0.29, 0.717) is 5.92 Å². The molecule has 18 heavy (non-hydrogen) atoms. The van der Waals surface area contributed by atoms with Crippen molar-refractivity contribution < 1.29 is 5.11 Å². The molecule has 1 N–H and O–H groups in total. The van der Waals surface area contributed by atoms with Crippen molar-refractivity contribution in [1.82, 2.24) is 4.57 Å². The molecule has 2 nitrogen and oxygen atoms in total. The van der Waals surface area contributed by atoms with Crippen molar-refractivity contribution in [3.05, 3.63) is 35.5 Å². The molecule has 2 heteroatoms. The summed E-state index contributed by atoms with van der Waals surface area (Å²) in [6.45, 7) is 5.60. The third-order valence-electron chi connectivity index (χ3n) is 4.24. The third-order valence-corrected chi connectivity index (χ3v) is 4.24. The first kappa shape index (κ1) is 11.8. The molecule has 0 fully saturated rings. The molecule has 0 saturated carbocycles. The third kappa shape index (κ3) is 1.67. The predicted octanol–water partition coefficient (Wildman–Crippen LogP) is 3.32. The van der Waals surface area contributed by atoms with Gasteiger partial charge in [0.25, 0.3) is 0 Å². The Morgan fingerprint density at radius 3 is 2.83 bits per heavy atom. The van der Waals surface area contributed by atoms with E-state index < -0.39 is 0 Å². The Morgan fingerprint density at radius 1 is 1.28 bits per heavy atom. The van der Waals surface area contributed by atoms with E-state index in [1.54, 1.807) is 0 Å². The first-order valence-electron chi connectivity index (χ1n) is 6.93. The van der Waals surface area contributed by atoms with Gasteiger partial charge in [-0.25, -0.2) is 0 Å². The van der Waals surface area contributed by atoms with Gasteiger partial charge in [0.2, 0.25) is 0 Å². The fourth-order valence-corrected chi connectivity index (χ4v) is 3.64. The Morgan fingerprint density at radius 2 is 2.06 bits per heavy atom. The molecule has 1 aliphatic carbocycles. The number of aliphatic hydroxyl groups is 1. The summed E-state index contributed by atoms with van der Waals surface area (Å²) in [5.74, 6) is 1.38. The Kier molecular flexibility index (Phi) is 2.90. The van der Waals surface area contributed by atoms with Crippen LogP contribution in [0.3, 0.4) is 0 Å². The van der Waals surface area contributed by atoms with Gasteiger partial charge in [0.15, 0.2) is 0 Å². The van der Waals surface area contributed by atoms with E-state index in [9.17, 15) is 5.11 Å². The summed E-state index contributed by atoms with van der Waals surface area (Å²) in [6.07, 6.45) is 2.43. The second kappa shape index (κ2) is 4.43. The fraction of sp³-hybridized carbons (Fsp3) is 0.500. The zero-order valence-electron chi connectivity index (χ0n) is 11.2. The molecule has 2 unspecified atom stereocenters. The van der Waals surface area contributed by atoms with Crippen LogP contribution in [0.2, 0.25) is 0 Å². The highest BCUT2D eigenvalue weighted by Gasteiger charge is 2.27. The van der Waals surface area contributed by atoms with E-state index in [0.717, 1.165) is 18.9 Å². The van der Waals surface area contributed by atoms with Gasteiger partial charge in [0, 0.05) is 23.1 Å². The van der Waals surface area contributed by atoms with Crippen molar-refractivity contribution >= 4 is 10.9 Å². The predicted molar refractivity (Wildman–Crippen MR) is 74.9 cm³/mol. The second-order valence-corrected chi connectivity index (χ2v) is 5.70. The van der Waals surface area contributed by atoms with Crippen LogP contribution in [0.25, 0.3) is 10.9 Å². The summed E-state index contributed by atoms with van der Waals surface area (Å²) in [5, 5.41) is 10.7. The molecule has 96 valence electrons. The number of benzene rings is 1. The SMILES string of the molecule is CC1Cc2c(c3ccccc3n2CCO)C(C)C1. The molecule has 3 rings (SSSR count). The Hall–Kier alpha value is -1.28. The van der Waals surface area contributed by atoms with Gasteiger partial charge in [-0.3, -0.25) is 0 Å². The van der Waals surface area contributed by atoms with Gasteiger partial charge in [-0.05, 0) is 36.3 Å².